The Kier molecular flexibility index (Phi) is 5.67. The van der Waals surface area contributed by atoms with Crippen molar-refractivity contribution in [1.29, 1.82) is 0 Å². The molecule has 0 saturated heterocycles. The highest BCUT2D eigenvalue weighted by Crippen LogP contribution is 2.29. The van der Waals surface area contributed by atoms with Crippen LogP contribution in [0.15, 0.2) is 65.5 Å². The summed E-state index contributed by atoms with van der Waals surface area (Å²) >= 11 is 0. The van der Waals surface area contributed by atoms with Gasteiger partial charge in [0, 0.05) is 6.07 Å². The van der Waals surface area contributed by atoms with Crippen LogP contribution in [0.4, 0.5) is 13.2 Å². The minimum Gasteiger partial charge on any atom is -0.426 e. The molecular formula is C20H16F3N3O3. The molecule has 1 amide bonds. The highest BCUT2D eigenvalue weighted by atomic mass is 19.4. The van der Waals surface area contributed by atoms with Gasteiger partial charge in [-0.15, -0.1) is 0 Å². The Morgan fingerprint density at radius 3 is 2.38 bits per heavy atom. The fourth-order valence-electron chi connectivity index (χ4n) is 2.51. The van der Waals surface area contributed by atoms with Crippen LogP contribution in [0.1, 0.15) is 34.6 Å². The standard InChI is InChI=1S/C20H16F3N3O3/c1-12(13-7-9-14(10-8-13)20(21,22)23)24-18(28)16-11-17(27)26-19(25-16)29-15-5-3-2-4-6-15/h2-12H,1H3,(H,24,28)(H,25,26,27). The zero-order chi connectivity index (χ0) is 21.0. The van der Waals surface area contributed by atoms with Crippen LogP contribution in [0.3, 0.4) is 0 Å². The van der Waals surface area contributed by atoms with Crippen molar-refractivity contribution in [3.8, 4) is 11.8 Å². The second kappa shape index (κ2) is 8.17. The predicted molar refractivity (Wildman–Crippen MR) is 98.7 cm³/mol. The molecule has 0 aliphatic carbocycles. The molecule has 3 aromatic rings. The Hall–Kier alpha value is -3.62. The van der Waals surface area contributed by atoms with Gasteiger partial charge in [0.2, 0.25) is 0 Å². The predicted octanol–water partition coefficient (Wildman–Crippen LogP) is 4.07. The van der Waals surface area contributed by atoms with Crippen LogP contribution in [-0.4, -0.2) is 15.9 Å². The van der Waals surface area contributed by atoms with Crippen molar-refractivity contribution in [1.82, 2.24) is 15.3 Å². The summed E-state index contributed by atoms with van der Waals surface area (Å²) in [4.78, 5) is 30.6. The van der Waals surface area contributed by atoms with Crippen LogP contribution in [-0.2, 0) is 6.18 Å². The molecule has 0 aliphatic rings. The smallest absolute Gasteiger partial charge is 0.416 e. The number of rotatable bonds is 5. The average molecular weight is 403 g/mol. The maximum absolute atomic E-state index is 12.7. The normalized spacial score (nSPS) is 12.3. The Morgan fingerprint density at radius 2 is 1.76 bits per heavy atom. The number of nitrogens with one attached hydrogen (secondary N) is 2. The number of para-hydroxylation sites is 1. The summed E-state index contributed by atoms with van der Waals surface area (Å²) in [5.74, 6) is -0.243. The second-order valence-electron chi connectivity index (χ2n) is 6.17. The fourth-order valence-corrected chi connectivity index (χ4v) is 2.51. The lowest BCUT2D eigenvalue weighted by Crippen LogP contribution is -2.29. The lowest BCUT2D eigenvalue weighted by molar-refractivity contribution is -0.137. The second-order valence-corrected chi connectivity index (χ2v) is 6.17. The number of H-pyrrole nitrogens is 1. The van der Waals surface area contributed by atoms with Gasteiger partial charge < -0.3 is 10.1 Å². The number of benzene rings is 2. The molecule has 1 unspecified atom stereocenters. The molecular weight excluding hydrogens is 387 g/mol. The first kappa shape index (κ1) is 20.1. The van der Waals surface area contributed by atoms with Gasteiger partial charge in [-0.1, -0.05) is 30.3 Å². The Balaban J connectivity index is 1.74. The van der Waals surface area contributed by atoms with Gasteiger partial charge in [0.05, 0.1) is 11.6 Å². The molecule has 1 atom stereocenters. The zero-order valence-corrected chi connectivity index (χ0v) is 15.2. The van der Waals surface area contributed by atoms with E-state index in [2.05, 4.69) is 15.3 Å². The van der Waals surface area contributed by atoms with E-state index in [-0.39, 0.29) is 11.7 Å². The van der Waals surface area contributed by atoms with E-state index in [1.807, 2.05) is 0 Å². The van der Waals surface area contributed by atoms with Crippen molar-refractivity contribution < 1.29 is 22.7 Å². The lowest BCUT2D eigenvalue weighted by Gasteiger charge is -2.15. The van der Waals surface area contributed by atoms with Crippen LogP contribution in [0.2, 0.25) is 0 Å². The number of carbonyl (C=O) groups is 1. The Morgan fingerprint density at radius 1 is 1.10 bits per heavy atom. The molecule has 0 radical (unpaired) electrons. The number of alkyl halides is 3. The van der Waals surface area contributed by atoms with Crippen molar-refractivity contribution in [2.75, 3.05) is 0 Å². The number of amides is 1. The number of aromatic nitrogens is 2. The van der Waals surface area contributed by atoms with Crippen LogP contribution in [0.5, 0.6) is 11.8 Å². The first-order chi connectivity index (χ1) is 13.7. The zero-order valence-electron chi connectivity index (χ0n) is 15.2. The van der Waals surface area contributed by atoms with Crippen molar-refractivity contribution >= 4 is 5.91 Å². The summed E-state index contributed by atoms with van der Waals surface area (Å²) < 4.78 is 43.4. The summed E-state index contributed by atoms with van der Waals surface area (Å²) in [6.45, 7) is 1.61. The summed E-state index contributed by atoms with van der Waals surface area (Å²) in [5, 5.41) is 2.60. The minimum atomic E-state index is -4.44. The van der Waals surface area contributed by atoms with Gasteiger partial charge in [0.1, 0.15) is 11.4 Å². The van der Waals surface area contributed by atoms with Gasteiger partial charge in [-0.3, -0.25) is 14.6 Å². The largest absolute Gasteiger partial charge is 0.426 e. The molecule has 150 valence electrons. The first-order valence-corrected chi connectivity index (χ1v) is 8.54. The lowest BCUT2D eigenvalue weighted by atomic mass is 10.1. The van der Waals surface area contributed by atoms with Gasteiger partial charge in [0.15, 0.2) is 0 Å². The molecule has 0 fully saturated rings. The maximum atomic E-state index is 12.7. The molecule has 0 bridgehead atoms. The number of carbonyl (C=O) groups excluding carboxylic acids is 1. The van der Waals surface area contributed by atoms with Crippen LogP contribution in [0.25, 0.3) is 0 Å². The van der Waals surface area contributed by atoms with Gasteiger partial charge in [-0.25, -0.2) is 0 Å². The molecule has 6 nitrogen and oxygen atoms in total. The van der Waals surface area contributed by atoms with Crippen LogP contribution < -0.4 is 15.6 Å². The SMILES string of the molecule is CC(NC(=O)c1cc(=O)[nH]c(Oc2ccccc2)n1)c1ccc(C(F)(F)F)cc1. The number of ether oxygens (including phenoxy) is 1. The van der Waals surface area contributed by atoms with E-state index in [0.717, 1.165) is 18.2 Å². The number of hydrogen-bond acceptors (Lipinski definition) is 4. The number of hydrogen-bond donors (Lipinski definition) is 2. The quantitative estimate of drug-likeness (QED) is 0.673. The highest BCUT2D eigenvalue weighted by Gasteiger charge is 2.30. The van der Waals surface area contributed by atoms with Gasteiger partial charge >= 0.3 is 12.2 Å². The molecule has 29 heavy (non-hydrogen) atoms. The molecule has 1 heterocycles. The number of nitrogens with zero attached hydrogens (tertiary/aromatic N) is 1. The van der Waals surface area contributed by atoms with Crippen molar-refractivity contribution in [2.45, 2.75) is 19.1 Å². The molecule has 3 rings (SSSR count). The topological polar surface area (TPSA) is 84.1 Å². The summed E-state index contributed by atoms with van der Waals surface area (Å²) in [6.07, 6.45) is -4.44. The van der Waals surface area contributed by atoms with Gasteiger partial charge in [-0.05, 0) is 36.8 Å². The van der Waals surface area contributed by atoms with E-state index < -0.39 is 29.2 Å². The summed E-state index contributed by atoms with van der Waals surface area (Å²) in [6, 6.07) is 13.2. The van der Waals surface area contributed by atoms with E-state index in [1.165, 1.54) is 12.1 Å². The molecule has 0 aliphatic heterocycles. The number of aromatic amines is 1. The van der Waals surface area contributed by atoms with E-state index in [4.69, 9.17) is 4.74 Å². The van der Waals surface area contributed by atoms with E-state index in [9.17, 15) is 22.8 Å². The monoisotopic (exact) mass is 403 g/mol. The number of halogens is 3. The third-order valence-electron chi connectivity index (χ3n) is 4.00. The first-order valence-electron chi connectivity index (χ1n) is 8.54. The highest BCUT2D eigenvalue weighted by molar-refractivity contribution is 5.92. The summed E-state index contributed by atoms with van der Waals surface area (Å²) in [7, 11) is 0. The fraction of sp³-hybridized carbons (Fsp3) is 0.150. The third kappa shape index (κ3) is 5.22. The molecule has 1 aromatic heterocycles. The van der Waals surface area contributed by atoms with E-state index >= 15 is 0 Å². The minimum absolute atomic E-state index is 0.156. The van der Waals surface area contributed by atoms with Crippen molar-refractivity contribution in [3.63, 3.8) is 0 Å². The molecule has 2 aromatic carbocycles. The molecule has 2 N–H and O–H groups in total. The van der Waals surface area contributed by atoms with E-state index in [0.29, 0.717) is 11.3 Å². The van der Waals surface area contributed by atoms with E-state index in [1.54, 1.807) is 37.3 Å². The van der Waals surface area contributed by atoms with Crippen molar-refractivity contribution in [3.05, 3.63) is 87.8 Å². The summed E-state index contributed by atoms with van der Waals surface area (Å²) in [5.41, 5.74) is -1.08. The molecule has 9 heteroatoms. The average Bonchev–Trinajstić information content (AvgIpc) is 2.67. The van der Waals surface area contributed by atoms with Gasteiger partial charge in [-0.2, -0.15) is 18.2 Å². The van der Waals surface area contributed by atoms with Crippen LogP contribution in [0, 0.1) is 0 Å². The van der Waals surface area contributed by atoms with Gasteiger partial charge in [0.25, 0.3) is 11.5 Å². The molecule has 0 saturated carbocycles. The Bertz CT molecular complexity index is 1050. The van der Waals surface area contributed by atoms with Crippen LogP contribution >= 0.6 is 0 Å². The van der Waals surface area contributed by atoms with Crippen molar-refractivity contribution in [2.24, 2.45) is 0 Å². The molecule has 0 spiro atoms. The Labute approximate surface area is 163 Å². The maximum Gasteiger partial charge on any atom is 0.416 e. The third-order valence-corrected chi connectivity index (χ3v) is 4.00.